The average Bonchev–Trinajstić information content (AvgIpc) is 3.56. The molecule has 0 radical (unpaired) electrons. The molecular weight excluding hydrogens is 553 g/mol. The second-order valence-corrected chi connectivity index (χ2v) is 14.6. The van der Waals surface area contributed by atoms with Crippen molar-refractivity contribution in [2.75, 3.05) is 11.5 Å². The van der Waals surface area contributed by atoms with Crippen molar-refractivity contribution < 1.29 is 0 Å². The van der Waals surface area contributed by atoms with Crippen molar-refractivity contribution in [3.63, 3.8) is 0 Å². The number of benzene rings is 4. The van der Waals surface area contributed by atoms with Crippen LogP contribution in [0.2, 0.25) is 0 Å². The number of rotatable bonds is 4. The molecule has 0 atom stereocenters. The Morgan fingerprint density at radius 2 is 0.881 bits per heavy atom. The Labute approximate surface area is 254 Å². The molecule has 0 saturated carbocycles. The molecule has 0 aliphatic carbocycles. The van der Waals surface area contributed by atoms with E-state index in [9.17, 15) is 0 Å². The van der Waals surface area contributed by atoms with Gasteiger partial charge in [0.2, 0.25) is 0 Å². The maximum atomic E-state index is 4.85. The Kier molecular flexibility index (Phi) is 5.79. The zero-order valence-electron chi connectivity index (χ0n) is 24.1. The highest BCUT2D eigenvalue weighted by Gasteiger charge is 2.27. The summed E-state index contributed by atoms with van der Waals surface area (Å²) in [5.74, 6) is 2.00. The number of aliphatic imine (C=N–C) groups is 2. The van der Waals surface area contributed by atoms with E-state index in [0.29, 0.717) is 0 Å². The van der Waals surface area contributed by atoms with Gasteiger partial charge in [-0.25, -0.2) is 0 Å². The van der Waals surface area contributed by atoms with Crippen LogP contribution in [0.15, 0.2) is 95.2 Å². The first-order valence-corrected chi connectivity index (χ1v) is 16.3. The molecule has 0 N–H and O–H groups in total. The lowest BCUT2D eigenvalue weighted by Crippen LogP contribution is -2.15. The number of hydrogen-bond donors (Lipinski definition) is 0. The van der Waals surface area contributed by atoms with Crippen LogP contribution in [0.1, 0.15) is 39.1 Å². The highest BCUT2D eigenvalue weighted by molar-refractivity contribution is 8.15. The van der Waals surface area contributed by atoms with Gasteiger partial charge in [-0.1, -0.05) is 36.4 Å². The third kappa shape index (κ3) is 4.48. The first-order valence-electron chi connectivity index (χ1n) is 14.3. The van der Waals surface area contributed by atoms with E-state index in [4.69, 9.17) is 20.0 Å². The third-order valence-corrected chi connectivity index (χ3v) is 10.9. The smallest absolute Gasteiger partial charge is 0.117 e. The normalized spacial score (nSPS) is 17.8. The Bertz CT molecular complexity index is 1860. The van der Waals surface area contributed by atoms with Crippen molar-refractivity contribution in [3.05, 3.63) is 96.6 Å². The fourth-order valence-corrected chi connectivity index (χ4v) is 8.25. The molecule has 0 amide bonds. The SMILES string of the molecule is CC1(C)CSC(c2ccc(-c3cc4ccc5cc(-c6ccc(C7=NC(C)(C)CS7)nc6)cc6ccc(c3)c4c56)cn2)=N1. The minimum atomic E-state index is -0.0146. The van der Waals surface area contributed by atoms with Crippen LogP contribution < -0.4 is 0 Å². The molecule has 6 aromatic rings. The summed E-state index contributed by atoms with van der Waals surface area (Å²) in [6.45, 7) is 8.69. The van der Waals surface area contributed by atoms with Gasteiger partial charge in [-0.2, -0.15) is 0 Å². The average molecular weight is 583 g/mol. The van der Waals surface area contributed by atoms with Gasteiger partial charge in [0, 0.05) is 35.0 Å². The highest BCUT2D eigenvalue weighted by Crippen LogP contribution is 2.40. The molecule has 2 aliphatic rings. The maximum Gasteiger partial charge on any atom is 0.117 e. The number of thioether (sulfide) groups is 2. The van der Waals surface area contributed by atoms with Crippen molar-refractivity contribution in [2.45, 2.75) is 38.8 Å². The van der Waals surface area contributed by atoms with Crippen molar-refractivity contribution in [3.8, 4) is 22.3 Å². The third-order valence-electron chi connectivity index (χ3n) is 8.10. The standard InChI is InChI=1S/C36H30N4S2/c1-35(2)19-41-33(39-35)29-11-9-25(17-37-29)27-13-21-5-7-23-15-28(16-24-8-6-22(14-27)31(21)32(23)24)26-10-12-30(38-18-26)34-40-36(3,4)20-42-34/h5-18H,19-20H2,1-4H3. The van der Waals surface area contributed by atoms with E-state index in [1.807, 2.05) is 12.4 Å². The molecule has 0 bridgehead atoms. The van der Waals surface area contributed by atoms with Crippen LogP contribution in [0.5, 0.6) is 0 Å². The molecule has 0 fully saturated rings. The van der Waals surface area contributed by atoms with Gasteiger partial charge in [0.25, 0.3) is 0 Å². The fraction of sp³-hybridized carbons (Fsp3) is 0.222. The zero-order chi connectivity index (χ0) is 28.6. The highest BCUT2D eigenvalue weighted by atomic mass is 32.2. The largest absolute Gasteiger partial charge is 0.269 e. The Morgan fingerprint density at radius 1 is 0.500 bits per heavy atom. The van der Waals surface area contributed by atoms with E-state index in [0.717, 1.165) is 44.1 Å². The second-order valence-electron chi connectivity index (χ2n) is 12.6. The van der Waals surface area contributed by atoms with Crippen LogP contribution in [0.25, 0.3) is 54.6 Å². The Hall–Kier alpha value is -3.74. The van der Waals surface area contributed by atoms with Gasteiger partial charge in [0.15, 0.2) is 0 Å². The van der Waals surface area contributed by atoms with Crippen molar-refractivity contribution in [2.24, 2.45) is 9.98 Å². The van der Waals surface area contributed by atoms with Crippen molar-refractivity contribution in [1.29, 1.82) is 0 Å². The lowest BCUT2D eigenvalue weighted by molar-refractivity contribution is 0.604. The van der Waals surface area contributed by atoms with Crippen LogP contribution in [0.3, 0.4) is 0 Å². The predicted octanol–water partition coefficient (Wildman–Crippen LogP) is 9.25. The Morgan fingerprint density at radius 3 is 1.17 bits per heavy atom. The van der Waals surface area contributed by atoms with Crippen LogP contribution in [-0.4, -0.2) is 42.6 Å². The number of nitrogens with zero attached hydrogens (tertiary/aromatic N) is 4. The van der Waals surface area contributed by atoms with E-state index in [2.05, 4.69) is 100 Å². The van der Waals surface area contributed by atoms with E-state index in [1.165, 1.54) is 43.4 Å². The summed E-state index contributed by atoms with van der Waals surface area (Å²) in [6.07, 6.45) is 3.97. The predicted molar refractivity (Wildman–Crippen MR) is 183 cm³/mol. The van der Waals surface area contributed by atoms with Crippen LogP contribution in [0, 0.1) is 0 Å². The van der Waals surface area contributed by atoms with Gasteiger partial charge < -0.3 is 0 Å². The topological polar surface area (TPSA) is 50.5 Å². The number of pyridine rings is 2. The van der Waals surface area contributed by atoms with Gasteiger partial charge >= 0.3 is 0 Å². The molecule has 6 heteroatoms. The molecule has 4 aromatic carbocycles. The molecule has 2 aromatic heterocycles. The molecule has 42 heavy (non-hydrogen) atoms. The lowest BCUT2D eigenvalue weighted by atomic mass is 9.90. The summed E-state index contributed by atoms with van der Waals surface area (Å²) in [6, 6.07) is 26.8. The number of hydrogen-bond acceptors (Lipinski definition) is 6. The van der Waals surface area contributed by atoms with Crippen molar-refractivity contribution >= 4 is 65.9 Å². The molecule has 2 aliphatic heterocycles. The van der Waals surface area contributed by atoms with Gasteiger partial charge in [-0.15, -0.1) is 23.5 Å². The first-order chi connectivity index (χ1) is 20.2. The monoisotopic (exact) mass is 582 g/mol. The van der Waals surface area contributed by atoms with Crippen LogP contribution >= 0.6 is 23.5 Å². The summed E-state index contributed by atoms with van der Waals surface area (Å²) in [5, 5.41) is 9.71. The molecule has 0 spiro atoms. The Balaban J connectivity index is 1.15. The quantitative estimate of drug-likeness (QED) is 0.194. The molecule has 0 saturated heterocycles. The van der Waals surface area contributed by atoms with Crippen molar-refractivity contribution in [1.82, 2.24) is 9.97 Å². The summed E-state index contributed by atoms with van der Waals surface area (Å²) >= 11 is 3.59. The molecule has 8 rings (SSSR count). The fourth-order valence-electron chi connectivity index (χ4n) is 5.98. The van der Waals surface area contributed by atoms with E-state index < -0.39 is 0 Å². The minimum absolute atomic E-state index is 0.0146. The molecular formula is C36H30N4S2. The van der Waals surface area contributed by atoms with Gasteiger partial charge in [0.1, 0.15) is 10.1 Å². The molecule has 0 unspecified atom stereocenters. The minimum Gasteiger partial charge on any atom is -0.269 e. The zero-order valence-corrected chi connectivity index (χ0v) is 25.7. The summed E-state index contributed by atoms with van der Waals surface area (Å²) in [4.78, 5) is 19.3. The van der Waals surface area contributed by atoms with Crippen LogP contribution in [-0.2, 0) is 0 Å². The van der Waals surface area contributed by atoms with Gasteiger partial charge in [-0.3, -0.25) is 20.0 Å². The molecule has 206 valence electrons. The molecule has 4 heterocycles. The lowest BCUT2D eigenvalue weighted by Gasteiger charge is -2.14. The van der Waals surface area contributed by atoms with E-state index >= 15 is 0 Å². The van der Waals surface area contributed by atoms with Gasteiger partial charge in [0.05, 0.1) is 22.5 Å². The van der Waals surface area contributed by atoms with E-state index in [1.54, 1.807) is 23.5 Å². The first kappa shape index (κ1) is 25.9. The van der Waals surface area contributed by atoms with Gasteiger partial charge in [-0.05, 0) is 108 Å². The summed E-state index contributed by atoms with van der Waals surface area (Å²) < 4.78 is 0. The molecule has 4 nitrogen and oxygen atoms in total. The summed E-state index contributed by atoms with van der Waals surface area (Å²) in [7, 11) is 0. The van der Waals surface area contributed by atoms with E-state index in [-0.39, 0.29) is 11.1 Å². The number of aromatic nitrogens is 2. The summed E-state index contributed by atoms with van der Waals surface area (Å²) in [5.41, 5.74) is 6.50. The maximum absolute atomic E-state index is 4.85. The second kappa shape index (κ2) is 9.38. The van der Waals surface area contributed by atoms with Crippen LogP contribution in [0.4, 0.5) is 0 Å².